The fraction of sp³-hybridized carbons (Fsp3) is 0.125. The van der Waals surface area contributed by atoms with E-state index in [-0.39, 0.29) is 11.4 Å². The van der Waals surface area contributed by atoms with Gasteiger partial charge in [0.2, 0.25) is 0 Å². The molecule has 8 heteroatoms. The molecule has 0 fully saturated rings. The van der Waals surface area contributed by atoms with Crippen LogP contribution in [0.4, 0.5) is 11.4 Å². The van der Waals surface area contributed by atoms with Crippen LogP contribution in [0.15, 0.2) is 36.4 Å². The number of nitro benzene ring substituents is 1. The maximum Gasteiger partial charge on any atom is 0.295 e. The first-order valence-electron chi connectivity index (χ1n) is 7.05. The van der Waals surface area contributed by atoms with Crippen LogP contribution in [0.3, 0.4) is 0 Å². The SMILES string of the molecule is Cc1nc2cc(NC(=O)c3ccc(Cl)cc3)c([N+](=O)[O-])cc2n1C. The minimum absolute atomic E-state index is 0.102. The molecule has 122 valence electrons. The van der Waals surface area contributed by atoms with E-state index in [1.807, 2.05) is 0 Å². The Morgan fingerprint density at radius 1 is 1.29 bits per heavy atom. The normalized spacial score (nSPS) is 10.8. The smallest absolute Gasteiger partial charge is 0.295 e. The van der Waals surface area contributed by atoms with Gasteiger partial charge in [-0.25, -0.2) is 4.98 Å². The lowest BCUT2D eigenvalue weighted by atomic mass is 10.2. The van der Waals surface area contributed by atoms with Crippen molar-refractivity contribution in [1.82, 2.24) is 9.55 Å². The summed E-state index contributed by atoms with van der Waals surface area (Å²) in [4.78, 5) is 27.5. The Morgan fingerprint density at radius 2 is 1.96 bits per heavy atom. The summed E-state index contributed by atoms with van der Waals surface area (Å²) in [5, 5.41) is 14.4. The van der Waals surface area contributed by atoms with Crippen LogP contribution in [-0.2, 0) is 7.05 Å². The molecule has 0 aliphatic carbocycles. The molecule has 1 amide bonds. The molecule has 0 aliphatic heterocycles. The van der Waals surface area contributed by atoms with E-state index >= 15 is 0 Å². The number of fused-ring (bicyclic) bond motifs is 1. The standard InChI is InChI=1S/C16H13ClN4O3/c1-9-18-12-7-13(15(21(23)24)8-14(12)20(9)2)19-16(22)10-3-5-11(17)6-4-10/h3-8H,1-2H3,(H,19,22). The van der Waals surface area contributed by atoms with Crippen molar-refractivity contribution in [3.63, 3.8) is 0 Å². The number of nitrogens with one attached hydrogen (secondary N) is 1. The summed E-state index contributed by atoms with van der Waals surface area (Å²) in [7, 11) is 1.78. The average Bonchev–Trinajstić information content (AvgIpc) is 2.81. The maximum atomic E-state index is 12.3. The average molecular weight is 345 g/mol. The molecule has 1 N–H and O–H groups in total. The fourth-order valence-corrected chi connectivity index (χ4v) is 2.52. The van der Waals surface area contributed by atoms with Gasteiger partial charge in [0.15, 0.2) is 0 Å². The molecule has 1 aromatic heterocycles. The van der Waals surface area contributed by atoms with Crippen molar-refractivity contribution in [1.29, 1.82) is 0 Å². The molecule has 0 aliphatic rings. The van der Waals surface area contributed by atoms with Crippen LogP contribution in [0.25, 0.3) is 11.0 Å². The number of nitro groups is 1. The van der Waals surface area contributed by atoms with Crippen LogP contribution in [0.1, 0.15) is 16.2 Å². The largest absolute Gasteiger partial charge is 0.331 e. The number of aromatic nitrogens is 2. The van der Waals surface area contributed by atoms with Gasteiger partial charge in [0.1, 0.15) is 11.5 Å². The third-order valence-corrected chi connectivity index (χ3v) is 4.03. The topological polar surface area (TPSA) is 90.1 Å². The number of hydrogen-bond donors (Lipinski definition) is 1. The molecule has 2 aromatic carbocycles. The van der Waals surface area contributed by atoms with E-state index in [1.54, 1.807) is 42.8 Å². The third kappa shape index (κ3) is 2.81. The first-order chi connectivity index (χ1) is 11.4. The molecule has 3 rings (SSSR count). The highest BCUT2D eigenvalue weighted by Crippen LogP contribution is 2.30. The van der Waals surface area contributed by atoms with Crippen LogP contribution in [0.2, 0.25) is 5.02 Å². The summed E-state index contributed by atoms with van der Waals surface area (Å²) >= 11 is 5.79. The molecule has 7 nitrogen and oxygen atoms in total. The van der Waals surface area contributed by atoms with Gasteiger partial charge >= 0.3 is 0 Å². The molecule has 1 heterocycles. The second-order valence-corrected chi connectivity index (χ2v) is 5.73. The number of benzene rings is 2. The highest BCUT2D eigenvalue weighted by molar-refractivity contribution is 6.30. The number of amides is 1. The number of carbonyl (C=O) groups excluding carboxylic acids is 1. The Bertz CT molecular complexity index is 964. The minimum Gasteiger partial charge on any atom is -0.331 e. The van der Waals surface area contributed by atoms with E-state index in [4.69, 9.17) is 11.6 Å². The van der Waals surface area contributed by atoms with Crippen molar-refractivity contribution in [2.75, 3.05) is 5.32 Å². The molecular weight excluding hydrogens is 332 g/mol. The van der Waals surface area contributed by atoms with Crippen LogP contribution in [-0.4, -0.2) is 20.4 Å². The highest BCUT2D eigenvalue weighted by Gasteiger charge is 2.20. The van der Waals surface area contributed by atoms with Crippen molar-refractivity contribution < 1.29 is 9.72 Å². The van der Waals surface area contributed by atoms with Gasteiger partial charge < -0.3 is 9.88 Å². The minimum atomic E-state index is -0.529. The second-order valence-electron chi connectivity index (χ2n) is 5.29. The van der Waals surface area contributed by atoms with E-state index in [0.717, 1.165) is 5.82 Å². The zero-order valence-corrected chi connectivity index (χ0v) is 13.7. The van der Waals surface area contributed by atoms with Gasteiger partial charge in [0.25, 0.3) is 11.6 Å². The molecule has 0 radical (unpaired) electrons. The van der Waals surface area contributed by atoms with Gasteiger partial charge in [0.05, 0.1) is 16.0 Å². The lowest BCUT2D eigenvalue weighted by molar-refractivity contribution is -0.383. The van der Waals surface area contributed by atoms with Crippen LogP contribution in [0.5, 0.6) is 0 Å². The zero-order valence-electron chi connectivity index (χ0n) is 12.9. The fourth-order valence-electron chi connectivity index (χ4n) is 2.39. The first-order valence-corrected chi connectivity index (χ1v) is 7.43. The quantitative estimate of drug-likeness (QED) is 0.579. The second kappa shape index (κ2) is 5.93. The predicted molar refractivity (Wildman–Crippen MR) is 91.5 cm³/mol. The van der Waals surface area contributed by atoms with Crippen molar-refractivity contribution in [3.05, 3.63) is 62.9 Å². The number of rotatable bonds is 3. The van der Waals surface area contributed by atoms with Crippen LogP contribution < -0.4 is 5.32 Å². The van der Waals surface area contributed by atoms with E-state index in [0.29, 0.717) is 21.6 Å². The molecule has 0 spiro atoms. The van der Waals surface area contributed by atoms with E-state index in [2.05, 4.69) is 10.3 Å². The van der Waals surface area contributed by atoms with Crippen molar-refractivity contribution in [2.24, 2.45) is 7.05 Å². The number of hydrogen-bond acceptors (Lipinski definition) is 4. The van der Waals surface area contributed by atoms with Crippen molar-refractivity contribution in [3.8, 4) is 0 Å². The summed E-state index contributed by atoms with van der Waals surface area (Å²) in [6, 6.07) is 9.17. The number of carbonyl (C=O) groups is 1. The first kappa shape index (κ1) is 15.9. The Balaban J connectivity index is 2.04. The number of nitrogens with zero attached hydrogens (tertiary/aromatic N) is 3. The summed E-state index contributed by atoms with van der Waals surface area (Å²) < 4.78 is 1.76. The summed E-state index contributed by atoms with van der Waals surface area (Å²) in [6.45, 7) is 1.80. The summed E-state index contributed by atoms with van der Waals surface area (Å²) in [6.07, 6.45) is 0. The van der Waals surface area contributed by atoms with E-state index < -0.39 is 10.8 Å². The van der Waals surface area contributed by atoms with Gasteiger partial charge in [-0.2, -0.15) is 0 Å². The number of halogens is 1. The van der Waals surface area contributed by atoms with Gasteiger partial charge in [0, 0.05) is 23.7 Å². The third-order valence-electron chi connectivity index (χ3n) is 3.77. The molecule has 0 saturated carbocycles. The molecular formula is C16H13ClN4O3. The monoisotopic (exact) mass is 344 g/mol. The highest BCUT2D eigenvalue weighted by atomic mass is 35.5. The summed E-state index contributed by atoms with van der Waals surface area (Å²) in [5.74, 6) is 0.266. The lowest BCUT2D eigenvalue weighted by Gasteiger charge is -2.07. The molecule has 0 atom stereocenters. The predicted octanol–water partition coefficient (Wildman–Crippen LogP) is 3.70. The number of anilines is 1. The van der Waals surface area contributed by atoms with Gasteiger partial charge in [-0.15, -0.1) is 0 Å². The maximum absolute atomic E-state index is 12.3. The van der Waals surface area contributed by atoms with Gasteiger partial charge in [-0.3, -0.25) is 14.9 Å². The van der Waals surface area contributed by atoms with Crippen molar-refractivity contribution >= 4 is 39.9 Å². The Hall–Kier alpha value is -2.93. The van der Waals surface area contributed by atoms with Crippen molar-refractivity contribution in [2.45, 2.75) is 6.92 Å². The zero-order chi connectivity index (χ0) is 17.4. The molecule has 0 bridgehead atoms. The Morgan fingerprint density at radius 3 is 2.58 bits per heavy atom. The molecule has 24 heavy (non-hydrogen) atoms. The molecule has 0 saturated heterocycles. The summed E-state index contributed by atoms with van der Waals surface area (Å²) in [5.41, 5.74) is 1.47. The Labute approximate surface area is 142 Å². The van der Waals surface area contributed by atoms with Crippen LogP contribution >= 0.6 is 11.6 Å². The molecule has 0 unspecified atom stereocenters. The van der Waals surface area contributed by atoms with E-state index in [1.165, 1.54) is 12.1 Å². The van der Waals surface area contributed by atoms with Crippen LogP contribution in [0, 0.1) is 17.0 Å². The molecule has 3 aromatic rings. The van der Waals surface area contributed by atoms with E-state index in [9.17, 15) is 14.9 Å². The number of aryl methyl sites for hydroxylation is 2. The van der Waals surface area contributed by atoms with Gasteiger partial charge in [-0.1, -0.05) is 11.6 Å². The number of imidazole rings is 1. The lowest BCUT2D eigenvalue weighted by Crippen LogP contribution is -2.13. The van der Waals surface area contributed by atoms with Gasteiger partial charge in [-0.05, 0) is 37.3 Å². The Kier molecular flexibility index (Phi) is 3.94.